The Morgan fingerprint density at radius 1 is 0.367 bits per heavy atom. The van der Waals surface area contributed by atoms with E-state index in [4.69, 9.17) is 24.4 Å². The van der Waals surface area contributed by atoms with Crippen molar-refractivity contribution in [3.63, 3.8) is 0 Å². The molecule has 0 radical (unpaired) electrons. The normalized spacial score (nSPS) is 11.7. The van der Waals surface area contributed by atoms with Crippen LogP contribution in [0.4, 0.5) is 0 Å². The van der Waals surface area contributed by atoms with Gasteiger partial charge in [0.1, 0.15) is 16.9 Å². The van der Waals surface area contributed by atoms with E-state index in [9.17, 15) is 0 Å². The van der Waals surface area contributed by atoms with E-state index in [2.05, 4.69) is 91.0 Å². The molecule has 10 rings (SSSR count). The molecule has 10 aromatic rings. The molecule has 7 aromatic carbocycles. The van der Waals surface area contributed by atoms with Crippen molar-refractivity contribution >= 4 is 54.4 Å². The van der Waals surface area contributed by atoms with Crippen LogP contribution in [0, 0.1) is 0 Å². The molecule has 49 heavy (non-hydrogen) atoms. The molecule has 3 aromatic heterocycles. The minimum Gasteiger partial charge on any atom is -0.456 e. The smallest absolute Gasteiger partial charge is 0.182 e. The summed E-state index contributed by atoms with van der Waals surface area (Å²) in [4.78, 5) is 20.4. The standard InChI is InChI=1S/C44H26N4O/c1-3-10-27(11-4-1)31-20-24-35-39(26-31)49-38-17-9-16-36(40(35)38)43-46-42(30-13-5-2-6-14-30)47-44(48-43)37-25-21-29-19-22-33-32-15-8-7-12-28(32)18-23-34(33)41(29)45-37/h1-26H. The highest BCUT2D eigenvalue weighted by atomic mass is 16.3. The van der Waals surface area contributed by atoms with E-state index in [0.29, 0.717) is 23.2 Å². The molecule has 0 unspecified atom stereocenters. The zero-order chi connectivity index (χ0) is 32.3. The minimum absolute atomic E-state index is 0.514. The van der Waals surface area contributed by atoms with E-state index in [1.165, 1.54) is 16.2 Å². The van der Waals surface area contributed by atoms with Crippen molar-refractivity contribution in [2.45, 2.75) is 0 Å². The molecule has 5 heteroatoms. The highest BCUT2D eigenvalue weighted by molar-refractivity contribution is 6.16. The second-order valence-corrected chi connectivity index (χ2v) is 12.2. The van der Waals surface area contributed by atoms with Gasteiger partial charge in [-0.05, 0) is 51.6 Å². The van der Waals surface area contributed by atoms with Crippen LogP contribution in [0.15, 0.2) is 162 Å². The molecule has 5 nitrogen and oxygen atoms in total. The quantitative estimate of drug-likeness (QED) is 0.182. The maximum absolute atomic E-state index is 6.44. The van der Waals surface area contributed by atoms with Crippen LogP contribution in [0.1, 0.15) is 0 Å². The number of furan rings is 1. The van der Waals surface area contributed by atoms with Crippen molar-refractivity contribution in [1.82, 2.24) is 19.9 Å². The molecule has 3 heterocycles. The molecule has 0 aliphatic rings. The summed E-state index contributed by atoms with van der Waals surface area (Å²) in [5, 5.41) is 7.73. The van der Waals surface area contributed by atoms with E-state index in [-0.39, 0.29) is 0 Å². The SMILES string of the molecule is c1ccc(-c2ccc3c(c2)oc2cccc(-c4nc(-c5ccccc5)nc(-c5ccc6ccc7c8ccccc8ccc7c6n5)n4)c23)cc1. The van der Waals surface area contributed by atoms with Crippen LogP contribution < -0.4 is 0 Å². The average molecular weight is 627 g/mol. The Balaban J connectivity index is 1.19. The topological polar surface area (TPSA) is 64.7 Å². The molecule has 0 fully saturated rings. The maximum atomic E-state index is 6.44. The van der Waals surface area contributed by atoms with E-state index in [0.717, 1.165) is 60.5 Å². The highest BCUT2D eigenvalue weighted by Crippen LogP contribution is 2.38. The molecule has 0 saturated carbocycles. The number of aromatic nitrogens is 4. The first kappa shape index (κ1) is 27.4. The summed E-state index contributed by atoms with van der Waals surface area (Å²) >= 11 is 0. The first-order valence-electron chi connectivity index (χ1n) is 16.3. The summed E-state index contributed by atoms with van der Waals surface area (Å²) < 4.78 is 6.44. The van der Waals surface area contributed by atoms with Crippen LogP contribution >= 0.6 is 0 Å². The molecule has 228 valence electrons. The Kier molecular flexibility index (Phi) is 6.11. The Morgan fingerprint density at radius 3 is 1.94 bits per heavy atom. The number of fused-ring (bicyclic) bond motifs is 8. The van der Waals surface area contributed by atoms with Gasteiger partial charge >= 0.3 is 0 Å². The lowest BCUT2D eigenvalue weighted by Crippen LogP contribution is -2.01. The molecular weight excluding hydrogens is 601 g/mol. The number of benzene rings is 7. The van der Waals surface area contributed by atoms with Gasteiger partial charge in [-0.1, -0.05) is 133 Å². The Labute approximate surface area is 281 Å². The lowest BCUT2D eigenvalue weighted by Gasteiger charge is -2.11. The van der Waals surface area contributed by atoms with Crippen LogP contribution in [0.3, 0.4) is 0 Å². The zero-order valence-corrected chi connectivity index (χ0v) is 26.2. The minimum atomic E-state index is 0.514. The van der Waals surface area contributed by atoms with Crippen LogP contribution in [-0.4, -0.2) is 19.9 Å². The van der Waals surface area contributed by atoms with Crippen LogP contribution in [0.5, 0.6) is 0 Å². The van der Waals surface area contributed by atoms with Gasteiger partial charge in [0.15, 0.2) is 17.5 Å². The molecule has 0 saturated heterocycles. The molecule has 0 aliphatic heterocycles. The van der Waals surface area contributed by atoms with Crippen molar-refractivity contribution in [3.8, 4) is 45.4 Å². The van der Waals surface area contributed by atoms with Gasteiger partial charge in [-0.2, -0.15) is 0 Å². The second kappa shape index (κ2) is 10.9. The van der Waals surface area contributed by atoms with Crippen molar-refractivity contribution in [1.29, 1.82) is 0 Å². The molecule has 0 atom stereocenters. The van der Waals surface area contributed by atoms with Gasteiger partial charge in [0, 0.05) is 32.7 Å². The third kappa shape index (κ3) is 4.55. The number of hydrogen-bond donors (Lipinski definition) is 0. The summed E-state index contributed by atoms with van der Waals surface area (Å²) in [6.45, 7) is 0. The van der Waals surface area contributed by atoms with Crippen molar-refractivity contribution < 1.29 is 4.42 Å². The summed E-state index contributed by atoms with van der Waals surface area (Å²) in [5.74, 6) is 1.66. The fourth-order valence-corrected chi connectivity index (χ4v) is 6.95. The Morgan fingerprint density at radius 2 is 1.06 bits per heavy atom. The summed E-state index contributed by atoms with van der Waals surface area (Å²) in [6.07, 6.45) is 0. The first-order valence-corrected chi connectivity index (χ1v) is 16.3. The number of hydrogen-bond acceptors (Lipinski definition) is 5. The van der Waals surface area contributed by atoms with Gasteiger partial charge in [0.2, 0.25) is 0 Å². The average Bonchev–Trinajstić information content (AvgIpc) is 3.56. The van der Waals surface area contributed by atoms with Crippen molar-refractivity contribution in [2.24, 2.45) is 0 Å². The van der Waals surface area contributed by atoms with Gasteiger partial charge in [0.05, 0.1) is 5.52 Å². The highest BCUT2D eigenvalue weighted by Gasteiger charge is 2.19. The van der Waals surface area contributed by atoms with Gasteiger partial charge in [-0.25, -0.2) is 19.9 Å². The predicted molar refractivity (Wildman–Crippen MR) is 199 cm³/mol. The number of rotatable bonds is 4. The largest absolute Gasteiger partial charge is 0.456 e. The molecule has 0 N–H and O–H groups in total. The lowest BCUT2D eigenvalue weighted by molar-refractivity contribution is 0.669. The molecule has 0 spiro atoms. The van der Waals surface area contributed by atoms with Crippen LogP contribution in [0.25, 0.3) is 99.8 Å². The number of pyridine rings is 1. The van der Waals surface area contributed by atoms with Crippen LogP contribution in [0.2, 0.25) is 0 Å². The van der Waals surface area contributed by atoms with E-state index < -0.39 is 0 Å². The summed E-state index contributed by atoms with van der Waals surface area (Å²) in [7, 11) is 0. The lowest BCUT2D eigenvalue weighted by atomic mass is 9.99. The van der Waals surface area contributed by atoms with Crippen molar-refractivity contribution in [3.05, 3.63) is 158 Å². The third-order valence-corrected chi connectivity index (χ3v) is 9.32. The third-order valence-electron chi connectivity index (χ3n) is 9.32. The monoisotopic (exact) mass is 626 g/mol. The number of nitrogens with zero attached hydrogens (tertiary/aromatic N) is 4. The predicted octanol–water partition coefficient (Wildman–Crippen LogP) is 11.3. The summed E-state index contributed by atoms with van der Waals surface area (Å²) in [5.41, 5.74) is 7.23. The zero-order valence-electron chi connectivity index (χ0n) is 26.2. The fourth-order valence-electron chi connectivity index (χ4n) is 6.95. The van der Waals surface area contributed by atoms with E-state index in [1.54, 1.807) is 0 Å². The van der Waals surface area contributed by atoms with Gasteiger partial charge in [-0.3, -0.25) is 0 Å². The van der Waals surface area contributed by atoms with Crippen molar-refractivity contribution in [2.75, 3.05) is 0 Å². The summed E-state index contributed by atoms with van der Waals surface area (Å²) in [6, 6.07) is 54.0. The van der Waals surface area contributed by atoms with Crippen LogP contribution in [-0.2, 0) is 0 Å². The van der Waals surface area contributed by atoms with Gasteiger partial charge in [0.25, 0.3) is 0 Å². The van der Waals surface area contributed by atoms with Gasteiger partial charge in [-0.15, -0.1) is 0 Å². The fraction of sp³-hybridized carbons (Fsp3) is 0. The molecule has 0 amide bonds. The maximum Gasteiger partial charge on any atom is 0.182 e. The second-order valence-electron chi connectivity index (χ2n) is 12.2. The molecule has 0 bridgehead atoms. The Hall–Kier alpha value is -6.72. The molecule has 0 aliphatic carbocycles. The van der Waals surface area contributed by atoms with Gasteiger partial charge < -0.3 is 4.42 Å². The van der Waals surface area contributed by atoms with E-state index in [1.807, 2.05) is 66.7 Å². The molecular formula is C44H26N4O. The first-order chi connectivity index (χ1) is 24.3. The van der Waals surface area contributed by atoms with E-state index >= 15 is 0 Å². The Bertz CT molecular complexity index is 2880.